The number of thiophene rings is 1. The van der Waals surface area contributed by atoms with Gasteiger partial charge in [-0.2, -0.15) is 5.10 Å². The molecule has 0 aliphatic rings. The fourth-order valence-corrected chi connectivity index (χ4v) is 2.96. The van der Waals surface area contributed by atoms with Crippen LogP contribution in [0.25, 0.3) is 0 Å². The Kier molecular flexibility index (Phi) is 5.42. The van der Waals surface area contributed by atoms with Gasteiger partial charge in [-0.1, -0.05) is 13.8 Å². The van der Waals surface area contributed by atoms with Crippen molar-refractivity contribution in [2.45, 2.75) is 59.9 Å². The average molecular weight is 307 g/mol. The predicted molar refractivity (Wildman–Crippen MR) is 88.0 cm³/mol. The lowest BCUT2D eigenvalue weighted by Gasteiger charge is -2.05. The van der Waals surface area contributed by atoms with Crippen molar-refractivity contribution >= 4 is 11.3 Å². The Balaban J connectivity index is 1.93. The first kappa shape index (κ1) is 16.0. The van der Waals surface area contributed by atoms with Gasteiger partial charge in [-0.3, -0.25) is 4.68 Å². The summed E-state index contributed by atoms with van der Waals surface area (Å²) in [6.45, 7) is 12.2. The van der Waals surface area contributed by atoms with Crippen LogP contribution < -0.4 is 10.1 Å². The average Bonchev–Trinajstić information content (AvgIpc) is 3.01. The molecule has 0 aliphatic heterocycles. The predicted octanol–water partition coefficient (Wildman–Crippen LogP) is 3.91. The Morgan fingerprint density at radius 1 is 1.33 bits per heavy atom. The van der Waals surface area contributed by atoms with E-state index in [2.05, 4.69) is 51.1 Å². The van der Waals surface area contributed by atoms with E-state index in [-0.39, 0.29) is 0 Å². The van der Waals surface area contributed by atoms with Crippen molar-refractivity contribution in [2.75, 3.05) is 0 Å². The third-order valence-corrected chi connectivity index (χ3v) is 4.35. The van der Waals surface area contributed by atoms with E-state index in [0.717, 1.165) is 12.3 Å². The summed E-state index contributed by atoms with van der Waals surface area (Å²) in [5.41, 5.74) is 1.26. The van der Waals surface area contributed by atoms with Gasteiger partial charge in [0.2, 0.25) is 0 Å². The van der Waals surface area contributed by atoms with E-state index in [0.29, 0.717) is 18.7 Å². The lowest BCUT2D eigenvalue weighted by atomic mass is 10.2. The second-order valence-electron chi connectivity index (χ2n) is 5.87. The van der Waals surface area contributed by atoms with Crippen LogP contribution in [0.4, 0.5) is 0 Å². The highest BCUT2D eigenvalue weighted by molar-refractivity contribution is 7.12. The second-order valence-corrected chi connectivity index (χ2v) is 7.21. The summed E-state index contributed by atoms with van der Waals surface area (Å²) in [5.74, 6) is 0.830. The SMILES string of the molecule is Cc1sc(CNC(C)C)cc1COc1cnn(C(C)C)c1. The third-order valence-electron chi connectivity index (χ3n) is 3.26. The molecule has 0 unspecified atom stereocenters. The van der Waals surface area contributed by atoms with Gasteiger partial charge in [0.15, 0.2) is 5.75 Å². The molecule has 1 N–H and O–H groups in total. The standard InChI is InChI=1S/C16H25N3OS/c1-11(2)17-8-16-6-14(13(5)21-16)10-20-15-7-18-19(9-15)12(3)4/h6-7,9,11-12,17H,8,10H2,1-5H3. The lowest BCUT2D eigenvalue weighted by Crippen LogP contribution is -2.21. The van der Waals surface area contributed by atoms with Crippen LogP contribution in [0, 0.1) is 6.92 Å². The van der Waals surface area contributed by atoms with E-state index >= 15 is 0 Å². The molecule has 2 aromatic heterocycles. The van der Waals surface area contributed by atoms with Crippen LogP contribution in [0.5, 0.6) is 5.75 Å². The van der Waals surface area contributed by atoms with Crippen molar-refractivity contribution in [3.8, 4) is 5.75 Å². The van der Waals surface area contributed by atoms with Crippen molar-refractivity contribution in [2.24, 2.45) is 0 Å². The molecule has 2 heterocycles. The summed E-state index contributed by atoms with van der Waals surface area (Å²) >= 11 is 1.84. The summed E-state index contributed by atoms with van der Waals surface area (Å²) in [7, 11) is 0. The van der Waals surface area contributed by atoms with Crippen LogP contribution in [0.3, 0.4) is 0 Å². The Bertz CT molecular complexity index is 572. The van der Waals surface area contributed by atoms with Gasteiger partial charge in [0.25, 0.3) is 0 Å². The molecule has 0 bridgehead atoms. The number of aryl methyl sites for hydroxylation is 1. The molecule has 116 valence electrons. The third kappa shape index (κ3) is 4.58. The number of nitrogens with one attached hydrogen (secondary N) is 1. The quantitative estimate of drug-likeness (QED) is 0.843. The molecule has 0 spiro atoms. The highest BCUT2D eigenvalue weighted by Gasteiger charge is 2.08. The van der Waals surface area contributed by atoms with E-state index in [1.54, 1.807) is 6.20 Å². The Labute approximate surface area is 131 Å². The number of nitrogens with zero attached hydrogens (tertiary/aromatic N) is 2. The molecule has 0 amide bonds. The maximum absolute atomic E-state index is 5.85. The number of aromatic nitrogens is 2. The molecule has 0 aliphatic carbocycles. The smallest absolute Gasteiger partial charge is 0.157 e. The minimum atomic E-state index is 0.360. The van der Waals surface area contributed by atoms with Crippen LogP contribution in [0.1, 0.15) is 49.1 Å². The molecule has 5 heteroatoms. The first-order valence-electron chi connectivity index (χ1n) is 7.44. The molecule has 21 heavy (non-hydrogen) atoms. The molecule has 2 rings (SSSR count). The first-order valence-corrected chi connectivity index (χ1v) is 8.26. The van der Waals surface area contributed by atoms with Crippen molar-refractivity contribution in [3.63, 3.8) is 0 Å². The second kappa shape index (κ2) is 7.09. The zero-order valence-corrected chi connectivity index (χ0v) is 14.3. The maximum atomic E-state index is 5.85. The largest absolute Gasteiger partial charge is 0.486 e. The van der Waals surface area contributed by atoms with Gasteiger partial charge >= 0.3 is 0 Å². The van der Waals surface area contributed by atoms with Crippen LogP contribution >= 0.6 is 11.3 Å². The normalized spacial score (nSPS) is 11.6. The number of ether oxygens (including phenoxy) is 1. The van der Waals surface area contributed by atoms with E-state index in [9.17, 15) is 0 Å². The Morgan fingerprint density at radius 2 is 2.10 bits per heavy atom. The summed E-state index contributed by atoms with van der Waals surface area (Å²) in [6, 6.07) is 3.11. The zero-order valence-electron chi connectivity index (χ0n) is 13.5. The molecule has 0 fully saturated rings. The van der Waals surface area contributed by atoms with Crippen molar-refractivity contribution in [3.05, 3.63) is 33.8 Å². The maximum Gasteiger partial charge on any atom is 0.157 e. The monoisotopic (exact) mass is 307 g/mol. The van der Waals surface area contributed by atoms with E-state index in [1.807, 2.05) is 22.2 Å². The fourth-order valence-electron chi connectivity index (χ4n) is 1.96. The summed E-state index contributed by atoms with van der Waals surface area (Å²) in [4.78, 5) is 2.68. The number of rotatable bonds is 7. The van der Waals surface area contributed by atoms with Gasteiger partial charge in [0, 0.05) is 33.9 Å². The van der Waals surface area contributed by atoms with Gasteiger partial charge < -0.3 is 10.1 Å². The highest BCUT2D eigenvalue weighted by Crippen LogP contribution is 2.23. The molecule has 4 nitrogen and oxygen atoms in total. The molecule has 0 atom stereocenters. The van der Waals surface area contributed by atoms with E-state index < -0.39 is 0 Å². The van der Waals surface area contributed by atoms with Crippen LogP contribution in [-0.4, -0.2) is 15.8 Å². The number of hydrogen-bond donors (Lipinski definition) is 1. The zero-order chi connectivity index (χ0) is 15.4. The van der Waals surface area contributed by atoms with E-state index in [4.69, 9.17) is 4.74 Å². The molecule has 0 saturated heterocycles. The molecule has 0 saturated carbocycles. The van der Waals surface area contributed by atoms with Gasteiger partial charge in [0.1, 0.15) is 6.61 Å². The van der Waals surface area contributed by atoms with Crippen LogP contribution in [0.2, 0.25) is 0 Å². The minimum absolute atomic E-state index is 0.360. The summed E-state index contributed by atoms with van der Waals surface area (Å²) in [5, 5.41) is 7.74. The molecule has 0 aromatic carbocycles. The molecular weight excluding hydrogens is 282 g/mol. The minimum Gasteiger partial charge on any atom is -0.486 e. The van der Waals surface area contributed by atoms with Gasteiger partial charge in [-0.25, -0.2) is 0 Å². The Hall–Kier alpha value is -1.33. The Morgan fingerprint density at radius 3 is 2.71 bits per heavy atom. The molecular formula is C16H25N3OS. The van der Waals surface area contributed by atoms with Gasteiger partial charge in [0.05, 0.1) is 12.4 Å². The van der Waals surface area contributed by atoms with Gasteiger partial charge in [-0.05, 0) is 26.8 Å². The van der Waals surface area contributed by atoms with Gasteiger partial charge in [-0.15, -0.1) is 11.3 Å². The topological polar surface area (TPSA) is 39.1 Å². The van der Waals surface area contributed by atoms with Crippen LogP contribution in [-0.2, 0) is 13.2 Å². The summed E-state index contributed by atoms with van der Waals surface area (Å²) < 4.78 is 7.76. The highest BCUT2D eigenvalue weighted by atomic mass is 32.1. The number of hydrogen-bond acceptors (Lipinski definition) is 4. The lowest BCUT2D eigenvalue weighted by molar-refractivity contribution is 0.305. The first-order chi connectivity index (χ1) is 9.95. The molecule has 2 aromatic rings. The summed E-state index contributed by atoms with van der Waals surface area (Å²) in [6.07, 6.45) is 3.73. The molecule has 0 radical (unpaired) electrons. The van der Waals surface area contributed by atoms with Crippen molar-refractivity contribution in [1.29, 1.82) is 0 Å². The fraction of sp³-hybridized carbons (Fsp3) is 0.562. The van der Waals surface area contributed by atoms with Crippen LogP contribution in [0.15, 0.2) is 18.5 Å². The van der Waals surface area contributed by atoms with E-state index in [1.165, 1.54) is 15.3 Å². The van der Waals surface area contributed by atoms with Crippen molar-refractivity contribution < 1.29 is 4.74 Å². The van der Waals surface area contributed by atoms with Crippen molar-refractivity contribution in [1.82, 2.24) is 15.1 Å².